The molecule has 1 N–H and O–H groups in total. The molecule has 4 rings (SSSR count). The summed E-state index contributed by atoms with van der Waals surface area (Å²) in [6, 6.07) is 10.3. The number of benzene rings is 2. The second kappa shape index (κ2) is 8.16. The lowest BCUT2D eigenvalue weighted by atomic mass is 10.1. The Morgan fingerprint density at radius 3 is 2.63 bits per heavy atom. The summed E-state index contributed by atoms with van der Waals surface area (Å²) in [7, 11) is 0. The third-order valence-electron chi connectivity index (χ3n) is 5.23. The topological polar surface area (TPSA) is 79.0 Å². The summed E-state index contributed by atoms with van der Waals surface area (Å²) in [6.45, 7) is 3.34. The number of esters is 1. The van der Waals surface area contributed by atoms with Crippen LogP contribution in [-0.4, -0.2) is 48.4 Å². The number of hydrogen-bond acceptors (Lipinski definition) is 5. The Kier molecular flexibility index (Phi) is 5.58. The Labute approximate surface area is 183 Å². The molecule has 0 spiro atoms. The highest BCUT2D eigenvalue weighted by molar-refractivity contribution is 6.42. The van der Waals surface area contributed by atoms with Gasteiger partial charge >= 0.3 is 17.8 Å². The number of hydrogen-bond donors (Lipinski definition) is 1. The summed E-state index contributed by atoms with van der Waals surface area (Å²) >= 11 is 12.1. The Morgan fingerprint density at radius 2 is 1.90 bits per heavy atom. The van der Waals surface area contributed by atoms with Crippen molar-refractivity contribution in [3.05, 3.63) is 52.0 Å². The Hall–Kier alpha value is -2.77. The van der Waals surface area contributed by atoms with Crippen molar-refractivity contribution in [2.75, 3.05) is 29.9 Å². The fourth-order valence-corrected chi connectivity index (χ4v) is 4.00. The maximum Gasteiger partial charge on any atom is 0.315 e. The van der Waals surface area contributed by atoms with Crippen LogP contribution in [0.3, 0.4) is 0 Å². The predicted octanol–water partition coefficient (Wildman–Crippen LogP) is 3.13. The molecule has 1 atom stereocenters. The summed E-state index contributed by atoms with van der Waals surface area (Å²) in [5.74, 6) is -1.25. The summed E-state index contributed by atoms with van der Waals surface area (Å²) < 4.78 is 5.08. The molecule has 9 heteroatoms. The van der Waals surface area contributed by atoms with Gasteiger partial charge in [0.15, 0.2) is 0 Å². The Balaban J connectivity index is 1.38. The zero-order chi connectivity index (χ0) is 21.4. The lowest BCUT2D eigenvalue weighted by Gasteiger charge is -2.41. The van der Waals surface area contributed by atoms with Gasteiger partial charge in [-0.1, -0.05) is 29.3 Å². The predicted molar refractivity (Wildman–Crippen MR) is 114 cm³/mol. The van der Waals surface area contributed by atoms with Crippen LogP contribution in [0.15, 0.2) is 36.4 Å². The second-order valence-electron chi connectivity index (χ2n) is 7.32. The van der Waals surface area contributed by atoms with E-state index < -0.39 is 11.8 Å². The number of carbonyl (C=O) groups is 3. The largest absolute Gasteiger partial charge is 0.426 e. The van der Waals surface area contributed by atoms with Crippen molar-refractivity contribution in [2.24, 2.45) is 0 Å². The van der Waals surface area contributed by atoms with E-state index >= 15 is 0 Å². The molecule has 0 aliphatic carbocycles. The molecule has 0 bridgehead atoms. The molecule has 2 aliphatic rings. The highest BCUT2D eigenvalue weighted by Gasteiger charge is 2.30. The Morgan fingerprint density at radius 1 is 1.10 bits per heavy atom. The van der Waals surface area contributed by atoms with E-state index in [2.05, 4.69) is 10.2 Å². The van der Waals surface area contributed by atoms with Gasteiger partial charge in [-0.15, -0.1) is 0 Å². The maximum atomic E-state index is 12.6. The van der Waals surface area contributed by atoms with Crippen molar-refractivity contribution in [1.82, 2.24) is 4.90 Å². The Bertz CT molecular complexity index is 1040. The molecule has 1 saturated heterocycles. The van der Waals surface area contributed by atoms with Gasteiger partial charge in [0.05, 0.1) is 16.5 Å². The van der Waals surface area contributed by atoms with Gasteiger partial charge in [-0.3, -0.25) is 14.4 Å². The fourth-order valence-electron chi connectivity index (χ4n) is 3.71. The molecule has 0 unspecified atom stereocenters. The molecule has 7 nitrogen and oxygen atoms in total. The molecule has 30 heavy (non-hydrogen) atoms. The first-order valence-corrected chi connectivity index (χ1v) is 10.2. The van der Waals surface area contributed by atoms with Crippen LogP contribution in [0.25, 0.3) is 0 Å². The number of nitrogens with one attached hydrogen (secondary N) is 1. The second-order valence-corrected chi connectivity index (χ2v) is 8.13. The molecule has 2 heterocycles. The molecule has 2 aromatic carbocycles. The van der Waals surface area contributed by atoms with Crippen molar-refractivity contribution in [2.45, 2.75) is 19.4 Å². The van der Waals surface area contributed by atoms with Crippen molar-refractivity contribution in [3.63, 3.8) is 0 Å². The number of anilines is 2. The van der Waals surface area contributed by atoms with Crippen molar-refractivity contribution in [3.8, 4) is 5.75 Å². The smallest absolute Gasteiger partial charge is 0.315 e. The van der Waals surface area contributed by atoms with Crippen LogP contribution in [0, 0.1) is 0 Å². The minimum atomic E-state index is -0.727. The van der Waals surface area contributed by atoms with Gasteiger partial charge in [0, 0.05) is 48.7 Å². The first-order chi connectivity index (χ1) is 14.3. The van der Waals surface area contributed by atoms with E-state index in [1.165, 1.54) is 4.90 Å². The number of rotatable bonds is 2. The fraction of sp³-hybridized carbons (Fsp3) is 0.286. The van der Waals surface area contributed by atoms with E-state index in [0.29, 0.717) is 41.1 Å². The minimum absolute atomic E-state index is 0.00727. The highest BCUT2D eigenvalue weighted by Crippen LogP contribution is 2.30. The molecule has 2 amide bonds. The van der Waals surface area contributed by atoms with Crippen LogP contribution >= 0.6 is 23.2 Å². The van der Waals surface area contributed by atoms with Gasteiger partial charge in [-0.2, -0.15) is 0 Å². The average Bonchev–Trinajstić information content (AvgIpc) is 3.08. The number of piperazine rings is 1. The number of halogens is 2. The van der Waals surface area contributed by atoms with E-state index in [0.717, 1.165) is 11.3 Å². The molecule has 0 radical (unpaired) electrons. The first-order valence-electron chi connectivity index (χ1n) is 9.47. The number of carbonyl (C=O) groups excluding carboxylic acids is 3. The van der Waals surface area contributed by atoms with Crippen molar-refractivity contribution in [1.29, 1.82) is 0 Å². The van der Waals surface area contributed by atoms with Gasteiger partial charge in [0.1, 0.15) is 5.75 Å². The number of amides is 2. The van der Waals surface area contributed by atoms with E-state index in [4.69, 9.17) is 27.9 Å². The van der Waals surface area contributed by atoms with Crippen LogP contribution in [0.4, 0.5) is 11.4 Å². The van der Waals surface area contributed by atoms with Crippen LogP contribution in [0.2, 0.25) is 10.0 Å². The summed E-state index contributed by atoms with van der Waals surface area (Å²) in [6.07, 6.45) is 0.212. The average molecular weight is 448 g/mol. The molecular weight excluding hydrogens is 429 g/mol. The number of fused-ring (bicyclic) bond motifs is 1. The SMILES string of the molecule is C[C@@H]1CN(C(=O)C(=O)Nc2ccc3c(c2)OC(=O)C3)CCN1c1ccc(Cl)c(Cl)c1. The molecule has 2 aromatic rings. The van der Waals surface area contributed by atoms with Crippen molar-refractivity contribution < 1.29 is 19.1 Å². The van der Waals surface area contributed by atoms with Gasteiger partial charge in [0.25, 0.3) is 0 Å². The maximum absolute atomic E-state index is 12.6. The van der Waals surface area contributed by atoms with E-state index in [1.807, 2.05) is 13.0 Å². The standard InChI is InChI=1S/C21H19Cl2N3O4/c1-12-11-25(6-7-26(12)15-4-5-16(22)17(23)10-15)21(29)20(28)24-14-3-2-13-8-19(27)30-18(13)9-14/h2-5,9-10,12H,6-8,11H2,1H3,(H,24,28)/t12-/m1/s1. The molecule has 2 aliphatic heterocycles. The zero-order valence-corrected chi connectivity index (χ0v) is 17.7. The van der Waals surface area contributed by atoms with Crippen LogP contribution in [0.5, 0.6) is 5.75 Å². The molecule has 156 valence electrons. The molecule has 0 saturated carbocycles. The van der Waals surface area contributed by atoms with E-state index in [-0.39, 0.29) is 18.4 Å². The lowest BCUT2D eigenvalue weighted by molar-refractivity contribution is -0.143. The summed E-state index contributed by atoms with van der Waals surface area (Å²) in [5.41, 5.74) is 2.09. The minimum Gasteiger partial charge on any atom is -0.426 e. The van der Waals surface area contributed by atoms with Crippen LogP contribution in [0.1, 0.15) is 12.5 Å². The van der Waals surface area contributed by atoms with Crippen molar-refractivity contribution >= 4 is 52.4 Å². The molecule has 1 fully saturated rings. The lowest BCUT2D eigenvalue weighted by Crippen LogP contribution is -2.55. The molecule has 0 aromatic heterocycles. The number of nitrogens with zero attached hydrogens (tertiary/aromatic N) is 2. The highest BCUT2D eigenvalue weighted by atomic mass is 35.5. The van der Waals surface area contributed by atoms with Gasteiger partial charge in [0.2, 0.25) is 0 Å². The zero-order valence-electron chi connectivity index (χ0n) is 16.2. The van der Waals surface area contributed by atoms with Gasteiger partial charge < -0.3 is 19.9 Å². The third kappa shape index (κ3) is 4.08. The van der Waals surface area contributed by atoms with Gasteiger partial charge in [-0.25, -0.2) is 0 Å². The summed E-state index contributed by atoms with van der Waals surface area (Å²) in [4.78, 5) is 40.1. The third-order valence-corrected chi connectivity index (χ3v) is 5.97. The quantitative estimate of drug-likeness (QED) is 0.434. The monoisotopic (exact) mass is 447 g/mol. The number of ether oxygens (including phenoxy) is 1. The van der Waals surface area contributed by atoms with E-state index in [9.17, 15) is 14.4 Å². The van der Waals surface area contributed by atoms with Crippen LogP contribution < -0.4 is 15.0 Å². The molecular formula is C21H19Cl2N3O4. The van der Waals surface area contributed by atoms with E-state index in [1.54, 1.807) is 30.3 Å². The van der Waals surface area contributed by atoms with Gasteiger partial charge in [-0.05, 0) is 31.2 Å². The normalized spacial score (nSPS) is 18.1. The summed E-state index contributed by atoms with van der Waals surface area (Å²) in [5, 5.41) is 3.55. The first kappa shape index (κ1) is 20.5. The van der Waals surface area contributed by atoms with Crippen LogP contribution in [-0.2, 0) is 20.8 Å².